The summed E-state index contributed by atoms with van der Waals surface area (Å²) in [5.74, 6) is 0.543. The summed E-state index contributed by atoms with van der Waals surface area (Å²) in [6, 6.07) is 7.39. The van der Waals surface area contributed by atoms with Gasteiger partial charge in [-0.3, -0.25) is 0 Å². The molecule has 25 heavy (non-hydrogen) atoms. The van der Waals surface area contributed by atoms with Crippen LogP contribution in [0.4, 0.5) is 11.5 Å². The summed E-state index contributed by atoms with van der Waals surface area (Å²) in [5, 5.41) is 0.271. The van der Waals surface area contributed by atoms with E-state index in [1.165, 1.54) is 0 Å². The van der Waals surface area contributed by atoms with Gasteiger partial charge in [-0.25, -0.2) is 9.78 Å². The van der Waals surface area contributed by atoms with Crippen molar-refractivity contribution >= 4 is 29.1 Å². The summed E-state index contributed by atoms with van der Waals surface area (Å²) in [7, 11) is 0. The van der Waals surface area contributed by atoms with Crippen LogP contribution in [-0.2, 0) is 17.6 Å². The molecule has 2 heterocycles. The molecular formula is C19H22ClN3O2. The van der Waals surface area contributed by atoms with E-state index in [0.29, 0.717) is 5.56 Å². The highest BCUT2D eigenvalue weighted by Crippen LogP contribution is 2.35. The molecule has 0 saturated heterocycles. The van der Waals surface area contributed by atoms with Gasteiger partial charge in [-0.2, -0.15) is 4.98 Å². The van der Waals surface area contributed by atoms with E-state index in [4.69, 9.17) is 16.3 Å². The number of nitrogens with zero attached hydrogens (tertiary/aromatic N) is 3. The Balaban J connectivity index is 1.86. The Morgan fingerprint density at radius 1 is 1.24 bits per heavy atom. The molecule has 5 nitrogen and oxygen atoms in total. The van der Waals surface area contributed by atoms with E-state index in [2.05, 4.69) is 21.8 Å². The third-order valence-corrected chi connectivity index (χ3v) is 4.20. The van der Waals surface area contributed by atoms with Crippen molar-refractivity contribution in [1.82, 2.24) is 9.97 Å². The molecule has 0 fully saturated rings. The van der Waals surface area contributed by atoms with Crippen LogP contribution in [-0.4, -0.2) is 28.1 Å². The Bertz CT molecular complexity index is 798. The van der Waals surface area contributed by atoms with Gasteiger partial charge >= 0.3 is 5.97 Å². The normalized spacial score (nSPS) is 13.7. The minimum Gasteiger partial charge on any atom is -0.456 e. The first-order valence-corrected chi connectivity index (χ1v) is 8.82. The molecule has 132 valence electrons. The average Bonchev–Trinajstić information content (AvgIpc) is 2.96. The van der Waals surface area contributed by atoms with Gasteiger partial charge in [0.1, 0.15) is 11.4 Å². The highest BCUT2D eigenvalue weighted by atomic mass is 35.5. The van der Waals surface area contributed by atoms with Gasteiger partial charge in [0, 0.05) is 17.8 Å². The van der Waals surface area contributed by atoms with Crippen molar-refractivity contribution in [2.45, 2.75) is 46.1 Å². The van der Waals surface area contributed by atoms with Crippen LogP contribution in [0.1, 0.15) is 49.3 Å². The van der Waals surface area contributed by atoms with Gasteiger partial charge in [0.05, 0.1) is 11.3 Å². The summed E-state index contributed by atoms with van der Waals surface area (Å²) in [6.07, 6.45) is 1.72. The van der Waals surface area contributed by atoms with Crippen LogP contribution in [0.15, 0.2) is 24.3 Å². The molecule has 0 radical (unpaired) electrons. The van der Waals surface area contributed by atoms with Gasteiger partial charge in [0.25, 0.3) is 0 Å². The van der Waals surface area contributed by atoms with Crippen molar-refractivity contribution in [2.75, 3.05) is 11.4 Å². The second kappa shape index (κ2) is 6.64. The smallest absolute Gasteiger partial charge is 0.338 e. The second-order valence-electron chi connectivity index (χ2n) is 7.05. The minimum absolute atomic E-state index is 0.271. The summed E-state index contributed by atoms with van der Waals surface area (Å²) >= 11 is 6.08. The molecule has 0 amide bonds. The molecule has 1 aromatic heterocycles. The molecule has 0 aliphatic carbocycles. The predicted octanol–water partition coefficient (Wildman–Crippen LogP) is 4.34. The Kier molecular flexibility index (Phi) is 4.69. The molecule has 3 rings (SSSR count). The summed E-state index contributed by atoms with van der Waals surface area (Å²) in [6.45, 7) is 8.46. The number of hydrogen-bond acceptors (Lipinski definition) is 5. The zero-order valence-electron chi connectivity index (χ0n) is 15.0. The molecule has 6 heteroatoms. The number of carbonyl (C=O) groups excluding carboxylic acids is 1. The molecule has 1 aliphatic heterocycles. The molecule has 0 saturated carbocycles. The lowest BCUT2D eigenvalue weighted by Crippen LogP contribution is -2.24. The molecule has 2 aromatic rings. The van der Waals surface area contributed by atoms with Crippen molar-refractivity contribution in [3.63, 3.8) is 0 Å². The van der Waals surface area contributed by atoms with Crippen molar-refractivity contribution in [3.8, 4) is 0 Å². The lowest BCUT2D eigenvalue weighted by Gasteiger charge is -2.21. The second-order valence-corrected chi connectivity index (χ2v) is 7.38. The number of anilines is 2. The highest BCUT2D eigenvalue weighted by Gasteiger charge is 2.26. The number of hydrogen-bond donors (Lipinski definition) is 0. The number of carbonyl (C=O) groups is 1. The summed E-state index contributed by atoms with van der Waals surface area (Å²) in [5.41, 5.74) is 3.16. The maximum Gasteiger partial charge on any atom is 0.338 e. The minimum atomic E-state index is -0.506. The van der Waals surface area contributed by atoms with Gasteiger partial charge in [0.2, 0.25) is 5.28 Å². The largest absolute Gasteiger partial charge is 0.456 e. The van der Waals surface area contributed by atoms with Crippen LogP contribution in [0.2, 0.25) is 5.28 Å². The average molecular weight is 360 g/mol. The lowest BCUT2D eigenvalue weighted by molar-refractivity contribution is 0.00696. The predicted molar refractivity (Wildman–Crippen MR) is 98.7 cm³/mol. The van der Waals surface area contributed by atoms with Crippen LogP contribution in [0, 0.1) is 0 Å². The third-order valence-electron chi connectivity index (χ3n) is 4.03. The van der Waals surface area contributed by atoms with Gasteiger partial charge in [-0.05, 0) is 69.5 Å². The van der Waals surface area contributed by atoms with Gasteiger partial charge in [0.15, 0.2) is 0 Å². The van der Waals surface area contributed by atoms with E-state index >= 15 is 0 Å². The van der Waals surface area contributed by atoms with Crippen LogP contribution < -0.4 is 4.90 Å². The Morgan fingerprint density at radius 2 is 1.92 bits per heavy atom. The van der Waals surface area contributed by atoms with E-state index in [1.54, 1.807) is 12.1 Å². The number of ether oxygens (including phenoxy) is 1. The molecule has 0 unspecified atom stereocenters. The van der Waals surface area contributed by atoms with Crippen molar-refractivity contribution in [3.05, 3.63) is 46.4 Å². The highest BCUT2D eigenvalue weighted by molar-refractivity contribution is 6.28. The van der Waals surface area contributed by atoms with E-state index in [1.807, 2.05) is 32.9 Å². The van der Waals surface area contributed by atoms with E-state index < -0.39 is 5.60 Å². The quantitative estimate of drug-likeness (QED) is 0.602. The standard InChI is InChI=1S/C19H22ClN3O2/c1-5-15-14-10-11-23(16(14)22-18(20)21-15)13-8-6-12(7-9-13)17(24)25-19(2,3)4/h6-9H,5,10-11H2,1-4H3. The third kappa shape index (κ3) is 3.76. The first-order chi connectivity index (χ1) is 11.8. The zero-order valence-corrected chi connectivity index (χ0v) is 15.7. The molecule has 1 aromatic carbocycles. The van der Waals surface area contributed by atoms with Crippen LogP contribution >= 0.6 is 11.6 Å². The van der Waals surface area contributed by atoms with E-state index in [0.717, 1.165) is 42.1 Å². The number of fused-ring (bicyclic) bond motifs is 1. The zero-order chi connectivity index (χ0) is 18.2. The molecule has 0 atom stereocenters. The Hall–Kier alpha value is -2.14. The summed E-state index contributed by atoms with van der Waals surface area (Å²) in [4.78, 5) is 23.0. The summed E-state index contributed by atoms with van der Waals surface area (Å²) < 4.78 is 5.40. The number of rotatable bonds is 3. The van der Waals surface area contributed by atoms with Crippen LogP contribution in [0.25, 0.3) is 0 Å². The monoisotopic (exact) mass is 359 g/mol. The maximum atomic E-state index is 12.1. The fourth-order valence-corrected chi connectivity index (χ4v) is 3.14. The first kappa shape index (κ1) is 17.7. The van der Waals surface area contributed by atoms with Gasteiger partial charge in [-0.15, -0.1) is 0 Å². The molecule has 0 N–H and O–H groups in total. The van der Waals surface area contributed by atoms with Crippen LogP contribution in [0.5, 0.6) is 0 Å². The fourth-order valence-electron chi connectivity index (χ4n) is 2.95. The SMILES string of the molecule is CCc1nc(Cl)nc2c1CCN2c1ccc(C(=O)OC(C)(C)C)cc1. The molecule has 1 aliphatic rings. The van der Waals surface area contributed by atoms with E-state index in [9.17, 15) is 4.79 Å². The number of esters is 1. The van der Waals surface area contributed by atoms with Gasteiger partial charge in [-0.1, -0.05) is 6.92 Å². The maximum absolute atomic E-state index is 12.1. The molecular weight excluding hydrogens is 338 g/mol. The molecule has 0 bridgehead atoms. The number of halogens is 1. The van der Waals surface area contributed by atoms with E-state index in [-0.39, 0.29) is 11.3 Å². The van der Waals surface area contributed by atoms with Crippen molar-refractivity contribution < 1.29 is 9.53 Å². The number of aromatic nitrogens is 2. The molecule has 0 spiro atoms. The van der Waals surface area contributed by atoms with Gasteiger partial charge < -0.3 is 9.64 Å². The topological polar surface area (TPSA) is 55.3 Å². The van der Waals surface area contributed by atoms with Crippen molar-refractivity contribution in [1.29, 1.82) is 0 Å². The van der Waals surface area contributed by atoms with Crippen molar-refractivity contribution in [2.24, 2.45) is 0 Å². The fraction of sp³-hybridized carbons (Fsp3) is 0.421. The Labute approximate surface area is 153 Å². The number of aryl methyl sites for hydroxylation is 1. The number of benzene rings is 1. The lowest BCUT2D eigenvalue weighted by atomic mass is 10.1. The van der Waals surface area contributed by atoms with Crippen LogP contribution in [0.3, 0.4) is 0 Å². The first-order valence-electron chi connectivity index (χ1n) is 8.44. The Morgan fingerprint density at radius 3 is 2.52 bits per heavy atom.